The van der Waals surface area contributed by atoms with E-state index in [-0.39, 0.29) is 51.4 Å². The maximum absolute atomic E-state index is 13.4. The molecule has 2 aliphatic carbocycles. The smallest absolute Gasteiger partial charge is 0.332 e. The van der Waals surface area contributed by atoms with E-state index in [2.05, 4.69) is 30.1 Å². The van der Waals surface area contributed by atoms with Crippen LogP contribution in [0.4, 0.5) is 0 Å². The minimum absolute atomic E-state index is 0.0286. The van der Waals surface area contributed by atoms with Gasteiger partial charge < -0.3 is 39.6 Å². The van der Waals surface area contributed by atoms with Crippen LogP contribution < -0.4 is 10.6 Å². The molecule has 0 radical (unpaired) electrons. The topological polar surface area (TPSA) is 222 Å². The fourth-order valence-electron chi connectivity index (χ4n) is 7.25. The van der Waals surface area contributed by atoms with Gasteiger partial charge in [-0.15, -0.1) is 20.2 Å². The Morgan fingerprint density at radius 2 is 0.960 bits per heavy atom. The van der Waals surface area contributed by atoms with Crippen molar-refractivity contribution >= 4 is 23.8 Å². The van der Waals surface area contributed by atoms with Crippen molar-refractivity contribution in [2.45, 2.75) is 113 Å². The van der Waals surface area contributed by atoms with Crippen LogP contribution in [0.1, 0.15) is 89.9 Å². The van der Waals surface area contributed by atoms with E-state index in [0.29, 0.717) is 26.2 Å². The molecule has 2 heterocycles. The summed E-state index contributed by atoms with van der Waals surface area (Å²) < 4.78 is 11.3. The van der Waals surface area contributed by atoms with Crippen LogP contribution in [0, 0.1) is 20.2 Å². The highest BCUT2D eigenvalue weighted by Crippen LogP contribution is 2.35. The number of ether oxygens (including phenoxy) is 2. The average Bonchev–Trinajstić information content (AvgIpc) is 3.09. The second-order valence-corrected chi connectivity index (χ2v) is 13.5. The van der Waals surface area contributed by atoms with Crippen molar-refractivity contribution in [2.75, 3.05) is 52.4 Å². The second kappa shape index (κ2) is 18.8. The van der Waals surface area contributed by atoms with Gasteiger partial charge in [-0.1, -0.05) is 12.8 Å². The lowest BCUT2D eigenvalue weighted by Crippen LogP contribution is -2.54. The summed E-state index contributed by atoms with van der Waals surface area (Å²) in [4.78, 5) is 88.5. The summed E-state index contributed by atoms with van der Waals surface area (Å²) in [6.45, 7) is 5.65. The van der Waals surface area contributed by atoms with Gasteiger partial charge in [-0.25, -0.2) is 9.59 Å². The van der Waals surface area contributed by atoms with Crippen molar-refractivity contribution in [2.24, 2.45) is 0 Å². The van der Waals surface area contributed by atoms with Crippen LogP contribution in [0.2, 0.25) is 0 Å². The number of likely N-dealkylation sites (tertiary alicyclic amines) is 2. The fourth-order valence-corrected chi connectivity index (χ4v) is 7.25. The molecule has 2 N–H and O–H groups in total. The maximum atomic E-state index is 13.4. The molecule has 0 unspecified atom stereocenters. The molecule has 2 aliphatic heterocycles. The second-order valence-electron chi connectivity index (χ2n) is 13.5. The van der Waals surface area contributed by atoms with Gasteiger partial charge in [0.05, 0.1) is 0 Å². The van der Waals surface area contributed by atoms with Gasteiger partial charge in [0.25, 0.3) is 22.0 Å². The number of nitrogens with one attached hydrogen (secondary N) is 2. The molecular formula is C32H50N6O12. The first-order valence-electron chi connectivity index (χ1n) is 17.8. The van der Waals surface area contributed by atoms with Gasteiger partial charge >= 0.3 is 11.9 Å². The molecule has 18 heteroatoms. The van der Waals surface area contributed by atoms with Crippen molar-refractivity contribution in [3.05, 3.63) is 32.4 Å². The zero-order valence-electron chi connectivity index (χ0n) is 28.6. The Hall–Kier alpha value is -4.06. The third-order valence-electron chi connectivity index (χ3n) is 10.1. The Bertz CT molecular complexity index is 1130. The normalized spacial score (nSPS) is 27.8. The number of esters is 2. The number of carbonyl (C=O) groups excluding carboxylic acids is 4. The highest BCUT2D eigenvalue weighted by molar-refractivity contribution is 5.96. The van der Waals surface area contributed by atoms with E-state index in [1.54, 1.807) is 0 Å². The van der Waals surface area contributed by atoms with E-state index in [4.69, 9.17) is 9.47 Å². The molecule has 4 rings (SSSR count). The number of carbonyl (C=O) groups is 4. The van der Waals surface area contributed by atoms with Gasteiger partial charge in [0.1, 0.15) is 12.2 Å². The number of amides is 2. The lowest BCUT2D eigenvalue weighted by atomic mass is 9.82. The summed E-state index contributed by atoms with van der Waals surface area (Å²) in [6, 6.07) is 0. The standard InChI is InChI=1S/C32H50N6O12/c39-27(47-31(13-9-25(10-14-31)49-37(43)44)29(41)33-17-23-35-19-3-1-4-20-35)7-8-28(40)48-32(15-11-26(12-16-32)50-38(45)46)30(42)34-18-24-36-21-5-2-6-22-36/h7-8,25-26H,1-6,9-24H2,(H,33,41)(H,34,42)/b8-7-. The third-order valence-corrected chi connectivity index (χ3v) is 10.1. The predicted molar refractivity (Wildman–Crippen MR) is 174 cm³/mol. The highest BCUT2D eigenvalue weighted by atomic mass is 17.0. The van der Waals surface area contributed by atoms with E-state index in [1.165, 1.54) is 12.8 Å². The molecule has 0 aromatic heterocycles. The maximum Gasteiger partial charge on any atom is 0.332 e. The zero-order chi connectivity index (χ0) is 36.0. The van der Waals surface area contributed by atoms with Crippen molar-refractivity contribution < 1.29 is 48.5 Å². The summed E-state index contributed by atoms with van der Waals surface area (Å²) in [5.74, 6) is -3.09. The first-order chi connectivity index (χ1) is 24.0. The number of hydrogen-bond acceptors (Lipinski definition) is 14. The van der Waals surface area contributed by atoms with Crippen molar-refractivity contribution in [3.8, 4) is 0 Å². The monoisotopic (exact) mass is 710 g/mol. The van der Waals surface area contributed by atoms with E-state index in [1.807, 2.05) is 0 Å². The van der Waals surface area contributed by atoms with E-state index in [0.717, 1.165) is 64.0 Å². The first-order valence-corrected chi connectivity index (χ1v) is 17.8. The lowest BCUT2D eigenvalue weighted by Gasteiger charge is -2.37. The molecule has 4 fully saturated rings. The van der Waals surface area contributed by atoms with Crippen LogP contribution in [0.25, 0.3) is 0 Å². The molecule has 0 spiro atoms. The molecular weight excluding hydrogens is 660 g/mol. The molecule has 0 aromatic rings. The van der Waals surface area contributed by atoms with E-state index < -0.39 is 57.3 Å². The molecule has 2 saturated carbocycles. The van der Waals surface area contributed by atoms with Crippen LogP contribution in [0.5, 0.6) is 0 Å². The zero-order valence-corrected chi connectivity index (χ0v) is 28.6. The molecule has 0 bridgehead atoms. The Kier molecular flexibility index (Phi) is 14.6. The van der Waals surface area contributed by atoms with Gasteiger partial charge in [-0.2, -0.15) is 0 Å². The van der Waals surface area contributed by atoms with Gasteiger partial charge in [0.2, 0.25) is 0 Å². The molecule has 280 valence electrons. The number of hydrogen-bond donors (Lipinski definition) is 2. The summed E-state index contributed by atoms with van der Waals surface area (Å²) in [7, 11) is 0. The molecule has 18 nitrogen and oxygen atoms in total. The fraction of sp³-hybridized carbons (Fsp3) is 0.812. The Morgan fingerprint density at radius 3 is 1.28 bits per heavy atom. The minimum Gasteiger partial charge on any atom is -0.446 e. The van der Waals surface area contributed by atoms with Crippen molar-refractivity contribution in [1.29, 1.82) is 0 Å². The summed E-state index contributed by atoms with van der Waals surface area (Å²) in [5, 5.41) is 25.6. The molecule has 0 atom stereocenters. The van der Waals surface area contributed by atoms with Crippen LogP contribution in [-0.4, -0.2) is 119 Å². The van der Waals surface area contributed by atoms with E-state index in [9.17, 15) is 39.4 Å². The Labute approximate surface area is 290 Å². The Balaban J connectivity index is 1.37. The van der Waals surface area contributed by atoms with Crippen molar-refractivity contribution in [3.63, 3.8) is 0 Å². The summed E-state index contributed by atoms with van der Waals surface area (Å²) in [6.07, 6.45) is 7.06. The van der Waals surface area contributed by atoms with Gasteiger partial charge in [-0.05, 0) is 103 Å². The minimum atomic E-state index is -1.63. The quantitative estimate of drug-likeness (QED) is 0.101. The molecule has 2 amide bonds. The van der Waals surface area contributed by atoms with Gasteiger partial charge in [-0.3, -0.25) is 9.59 Å². The van der Waals surface area contributed by atoms with Crippen LogP contribution in [-0.2, 0) is 38.3 Å². The molecule has 50 heavy (non-hydrogen) atoms. The SMILES string of the molecule is O=C(/C=C\C(=O)OC1(C(=O)NCCN2CCCCC2)CCC(O[N+](=O)[O-])CC1)OC1(C(=O)NCCN2CCCCC2)CCC(O[N+](=O)[O-])CC1. The van der Waals surface area contributed by atoms with Crippen LogP contribution >= 0.6 is 0 Å². The number of piperidine rings is 2. The Morgan fingerprint density at radius 1 is 0.620 bits per heavy atom. The van der Waals surface area contributed by atoms with E-state index >= 15 is 0 Å². The summed E-state index contributed by atoms with van der Waals surface area (Å²) in [5.41, 5.74) is -3.26. The highest BCUT2D eigenvalue weighted by Gasteiger charge is 2.47. The van der Waals surface area contributed by atoms with Crippen molar-refractivity contribution in [1.82, 2.24) is 20.4 Å². The lowest BCUT2D eigenvalue weighted by molar-refractivity contribution is -0.769. The van der Waals surface area contributed by atoms with Crippen LogP contribution in [0.3, 0.4) is 0 Å². The molecule has 0 aromatic carbocycles. The first kappa shape index (κ1) is 38.7. The number of nitrogens with zero attached hydrogens (tertiary/aromatic N) is 4. The summed E-state index contributed by atoms with van der Waals surface area (Å²) >= 11 is 0. The average molecular weight is 711 g/mol. The molecule has 2 saturated heterocycles. The number of rotatable bonds is 16. The van der Waals surface area contributed by atoms with Gasteiger partial charge in [0.15, 0.2) is 11.2 Å². The largest absolute Gasteiger partial charge is 0.446 e. The van der Waals surface area contributed by atoms with Gasteiger partial charge in [0, 0.05) is 38.3 Å². The molecule has 4 aliphatic rings. The predicted octanol–water partition coefficient (Wildman–Crippen LogP) is 1.61. The van der Waals surface area contributed by atoms with Crippen LogP contribution in [0.15, 0.2) is 12.2 Å². The third kappa shape index (κ3) is 11.8.